The van der Waals surface area contributed by atoms with Crippen LogP contribution in [0, 0.1) is 0 Å². The molecule has 29 heavy (non-hydrogen) atoms. The molecule has 2 rings (SSSR count). The van der Waals surface area contributed by atoms with Crippen molar-refractivity contribution in [1.29, 1.82) is 0 Å². The largest absolute Gasteiger partial charge is 1.00 e. The predicted molar refractivity (Wildman–Crippen MR) is 123 cm³/mol. The summed E-state index contributed by atoms with van der Waals surface area (Å²) in [5.74, 6) is 0. The van der Waals surface area contributed by atoms with Gasteiger partial charge in [0.15, 0.2) is 18.4 Å². The average Bonchev–Trinajstić information content (AvgIpc) is 2.72. The molecule has 1 unspecified atom stereocenters. The van der Waals surface area contributed by atoms with Gasteiger partial charge in [-0.05, 0) is 36.6 Å². The third kappa shape index (κ3) is 11.6. The fraction of sp³-hybridized carbons (Fsp3) is 0.600. The Morgan fingerprint density at radius 1 is 0.724 bits per heavy atom. The van der Waals surface area contributed by atoms with Gasteiger partial charge >= 0.3 is 0 Å². The van der Waals surface area contributed by atoms with Crippen LogP contribution >= 0.6 is 12.4 Å². The monoisotopic (exact) mass is 438 g/mol. The molecule has 0 aliphatic rings. The standard InChI is InChI=1S/C25H39N2.2ClH/c1-3-4-5-6-7-8-9-10-11-12-13-14-23(2)27-21-17-25(18-22-27)24-15-19-26-20-16-24;;/h15-23H,3-14H2,1-2H3;2*1H/q+1;;/p-1. The van der Waals surface area contributed by atoms with E-state index in [9.17, 15) is 0 Å². The minimum absolute atomic E-state index is 0. The second-order valence-corrected chi connectivity index (χ2v) is 7.94. The van der Waals surface area contributed by atoms with E-state index < -0.39 is 0 Å². The smallest absolute Gasteiger partial charge is 0.169 e. The lowest BCUT2D eigenvalue weighted by molar-refractivity contribution is -0.720. The van der Waals surface area contributed by atoms with Crippen molar-refractivity contribution in [2.45, 2.75) is 96.9 Å². The predicted octanol–water partition coefficient (Wildman–Crippen LogP) is 4.72. The molecule has 164 valence electrons. The number of pyridine rings is 2. The van der Waals surface area contributed by atoms with Crippen LogP contribution in [0.25, 0.3) is 11.1 Å². The quantitative estimate of drug-likeness (QED) is 0.307. The minimum Gasteiger partial charge on any atom is -1.00 e. The van der Waals surface area contributed by atoms with Gasteiger partial charge in [0.2, 0.25) is 0 Å². The number of nitrogens with zero attached hydrogens (tertiary/aromatic N) is 2. The maximum absolute atomic E-state index is 4.09. The Morgan fingerprint density at radius 3 is 1.69 bits per heavy atom. The lowest BCUT2D eigenvalue weighted by Gasteiger charge is -2.08. The van der Waals surface area contributed by atoms with E-state index in [0.717, 1.165) is 0 Å². The van der Waals surface area contributed by atoms with Crippen molar-refractivity contribution in [2.24, 2.45) is 0 Å². The lowest BCUT2D eigenvalue weighted by Crippen LogP contribution is -3.00. The van der Waals surface area contributed by atoms with Crippen LogP contribution in [0.15, 0.2) is 49.1 Å². The normalized spacial score (nSPS) is 11.4. The van der Waals surface area contributed by atoms with Crippen LogP contribution in [-0.4, -0.2) is 4.98 Å². The molecule has 2 aromatic heterocycles. The SMILES string of the molecule is CCCCCCCCCCCCCC(C)[n+]1ccc(-c2ccncc2)cc1.Cl.[Cl-]. The maximum atomic E-state index is 4.09. The van der Waals surface area contributed by atoms with Crippen molar-refractivity contribution < 1.29 is 17.0 Å². The zero-order valence-corrected chi connectivity index (χ0v) is 19.9. The molecule has 2 nitrogen and oxygen atoms in total. The van der Waals surface area contributed by atoms with Gasteiger partial charge in [0, 0.05) is 30.9 Å². The van der Waals surface area contributed by atoms with Crippen LogP contribution in [0.2, 0.25) is 0 Å². The van der Waals surface area contributed by atoms with Crippen LogP contribution in [0.1, 0.15) is 96.9 Å². The van der Waals surface area contributed by atoms with Gasteiger partial charge in [0.05, 0.1) is 0 Å². The topological polar surface area (TPSA) is 16.8 Å². The molecule has 0 aromatic carbocycles. The third-order valence-electron chi connectivity index (χ3n) is 5.60. The second-order valence-electron chi connectivity index (χ2n) is 7.94. The minimum atomic E-state index is 0. The van der Waals surface area contributed by atoms with E-state index in [-0.39, 0.29) is 24.8 Å². The van der Waals surface area contributed by atoms with Crippen molar-refractivity contribution in [3.8, 4) is 11.1 Å². The molecule has 0 saturated heterocycles. The van der Waals surface area contributed by atoms with Gasteiger partial charge in [0.25, 0.3) is 0 Å². The lowest BCUT2D eigenvalue weighted by atomic mass is 10.0. The Bertz CT molecular complexity index is 602. The first-order chi connectivity index (χ1) is 13.3. The Balaban J connectivity index is 0.00000392. The van der Waals surface area contributed by atoms with Gasteiger partial charge in [-0.1, -0.05) is 71.1 Å². The van der Waals surface area contributed by atoms with Gasteiger partial charge in [-0.3, -0.25) is 4.98 Å². The zero-order valence-electron chi connectivity index (χ0n) is 18.4. The molecule has 0 fully saturated rings. The Kier molecular flexibility index (Phi) is 17.0. The summed E-state index contributed by atoms with van der Waals surface area (Å²) in [4.78, 5) is 4.09. The van der Waals surface area contributed by atoms with Crippen LogP contribution in [0.3, 0.4) is 0 Å². The fourth-order valence-corrected chi connectivity index (χ4v) is 3.72. The summed E-state index contributed by atoms with van der Waals surface area (Å²) >= 11 is 0. The summed E-state index contributed by atoms with van der Waals surface area (Å²) in [5, 5.41) is 0. The highest BCUT2D eigenvalue weighted by molar-refractivity contribution is 5.85. The van der Waals surface area contributed by atoms with E-state index in [2.05, 4.69) is 60.1 Å². The summed E-state index contributed by atoms with van der Waals surface area (Å²) in [6.45, 7) is 4.62. The van der Waals surface area contributed by atoms with Crippen molar-refractivity contribution in [3.63, 3.8) is 0 Å². The number of aromatic nitrogens is 2. The molecular weight excluding hydrogens is 399 g/mol. The molecule has 2 heterocycles. The third-order valence-corrected chi connectivity index (χ3v) is 5.60. The van der Waals surface area contributed by atoms with E-state index in [1.807, 2.05) is 12.4 Å². The summed E-state index contributed by atoms with van der Waals surface area (Å²) in [5.41, 5.74) is 2.49. The van der Waals surface area contributed by atoms with Crippen LogP contribution in [0.5, 0.6) is 0 Å². The van der Waals surface area contributed by atoms with E-state index >= 15 is 0 Å². The van der Waals surface area contributed by atoms with Crippen LogP contribution < -0.4 is 17.0 Å². The molecule has 0 spiro atoms. The van der Waals surface area contributed by atoms with E-state index in [1.54, 1.807) is 0 Å². The molecule has 0 radical (unpaired) electrons. The molecule has 0 bridgehead atoms. The van der Waals surface area contributed by atoms with Crippen LogP contribution in [0.4, 0.5) is 0 Å². The van der Waals surface area contributed by atoms with E-state index in [1.165, 1.54) is 88.2 Å². The molecule has 2 aromatic rings. The molecule has 0 N–H and O–H groups in total. The molecular formula is C25H40Cl2N2. The number of rotatable bonds is 14. The zero-order chi connectivity index (χ0) is 19.2. The first-order valence-electron chi connectivity index (χ1n) is 11.2. The number of hydrogen-bond donors (Lipinski definition) is 0. The summed E-state index contributed by atoms with van der Waals surface area (Å²) < 4.78 is 2.35. The highest BCUT2D eigenvalue weighted by Crippen LogP contribution is 2.17. The first-order valence-corrected chi connectivity index (χ1v) is 11.2. The van der Waals surface area contributed by atoms with Crippen LogP contribution in [-0.2, 0) is 0 Å². The first kappa shape index (κ1) is 27.9. The molecule has 0 aliphatic heterocycles. The summed E-state index contributed by atoms with van der Waals surface area (Å²) in [7, 11) is 0. The molecule has 0 aliphatic carbocycles. The van der Waals surface area contributed by atoms with Crippen molar-refractivity contribution in [2.75, 3.05) is 0 Å². The van der Waals surface area contributed by atoms with Crippen molar-refractivity contribution in [3.05, 3.63) is 49.1 Å². The highest BCUT2D eigenvalue weighted by Gasteiger charge is 2.11. The van der Waals surface area contributed by atoms with E-state index in [4.69, 9.17) is 0 Å². The summed E-state index contributed by atoms with van der Waals surface area (Å²) in [6.07, 6.45) is 25.0. The van der Waals surface area contributed by atoms with Crippen molar-refractivity contribution >= 4 is 12.4 Å². The maximum Gasteiger partial charge on any atom is 0.169 e. The Hall–Kier alpha value is -1.12. The molecule has 4 heteroatoms. The number of unbranched alkanes of at least 4 members (excludes halogenated alkanes) is 10. The van der Waals surface area contributed by atoms with Gasteiger partial charge in [0.1, 0.15) is 0 Å². The molecule has 1 atom stereocenters. The Labute approximate surface area is 191 Å². The van der Waals surface area contributed by atoms with Gasteiger partial charge < -0.3 is 12.4 Å². The second kappa shape index (κ2) is 17.7. The van der Waals surface area contributed by atoms with Crippen molar-refractivity contribution in [1.82, 2.24) is 4.98 Å². The average molecular weight is 440 g/mol. The van der Waals surface area contributed by atoms with E-state index in [0.29, 0.717) is 6.04 Å². The fourth-order valence-electron chi connectivity index (χ4n) is 3.72. The molecule has 0 saturated carbocycles. The summed E-state index contributed by atoms with van der Waals surface area (Å²) in [6, 6.07) is 9.14. The van der Waals surface area contributed by atoms with Gasteiger partial charge in [-0.25, -0.2) is 4.57 Å². The Morgan fingerprint density at radius 2 is 1.17 bits per heavy atom. The van der Waals surface area contributed by atoms with Gasteiger partial charge in [-0.2, -0.15) is 0 Å². The molecule has 0 amide bonds. The number of hydrogen-bond acceptors (Lipinski definition) is 1. The van der Waals surface area contributed by atoms with Gasteiger partial charge in [-0.15, -0.1) is 12.4 Å². The highest BCUT2D eigenvalue weighted by atomic mass is 35.5. The number of halogens is 2.